The van der Waals surface area contributed by atoms with E-state index in [1.54, 1.807) is 24.9 Å². The van der Waals surface area contributed by atoms with Crippen LogP contribution in [0, 0.1) is 5.92 Å². The molecule has 142 valence electrons. The fraction of sp³-hybridized carbons (Fsp3) is 0.368. The number of hydrogen-bond donors (Lipinski definition) is 2. The van der Waals surface area contributed by atoms with Crippen LogP contribution in [0.1, 0.15) is 48.7 Å². The lowest BCUT2D eigenvalue weighted by atomic mass is 10.1. The Morgan fingerprint density at radius 3 is 2.70 bits per heavy atom. The molecule has 0 spiro atoms. The second-order valence-corrected chi connectivity index (χ2v) is 7.54. The third kappa shape index (κ3) is 4.82. The number of halogens is 1. The first kappa shape index (κ1) is 19.3. The molecule has 8 heteroatoms. The molecule has 7 nitrogen and oxygen atoms in total. The summed E-state index contributed by atoms with van der Waals surface area (Å²) >= 11 is 3.30. The molecule has 1 aromatic carbocycles. The Morgan fingerprint density at radius 2 is 2.04 bits per heavy atom. The quantitative estimate of drug-likeness (QED) is 0.560. The molecular weight excluding hydrogens is 410 g/mol. The molecule has 1 heterocycles. The highest BCUT2D eigenvalue weighted by molar-refractivity contribution is 9.10. The van der Waals surface area contributed by atoms with Crippen molar-refractivity contribution in [1.82, 2.24) is 15.2 Å². The van der Waals surface area contributed by atoms with E-state index in [1.807, 2.05) is 24.3 Å². The van der Waals surface area contributed by atoms with E-state index in [-0.39, 0.29) is 17.5 Å². The Labute approximate surface area is 166 Å². The Kier molecular flexibility index (Phi) is 6.05. The average molecular weight is 432 g/mol. The van der Waals surface area contributed by atoms with E-state index in [9.17, 15) is 9.59 Å². The maximum absolute atomic E-state index is 12.3. The van der Waals surface area contributed by atoms with E-state index >= 15 is 0 Å². The van der Waals surface area contributed by atoms with Gasteiger partial charge in [0.15, 0.2) is 5.69 Å². The number of carbonyl (C=O) groups is 2. The second kappa shape index (κ2) is 8.47. The molecule has 0 unspecified atom stereocenters. The predicted molar refractivity (Wildman–Crippen MR) is 108 cm³/mol. The van der Waals surface area contributed by atoms with Gasteiger partial charge in [-0.15, -0.1) is 0 Å². The number of hydrogen-bond acceptors (Lipinski definition) is 4. The Balaban J connectivity index is 1.66. The average Bonchev–Trinajstić information content (AvgIpc) is 3.29. The lowest BCUT2D eigenvalue weighted by molar-refractivity contribution is -0.119. The first-order chi connectivity index (χ1) is 12.9. The van der Waals surface area contributed by atoms with E-state index in [2.05, 4.69) is 36.9 Å². The maximum atomic E-state index is 12.3. The Hall–Kier alpha value is -2.48. The fourth-order valence-electron chi connectivity index (χ4n) is 3.12. The zero-order valence-corrected chi connectivity index (χ0v) is 16.9. The van der Waals surface area contributed by atoms with Crippen molar-refractivity contribution in [2.75, 3.05) is 5.32 Å². The van der Waals surface area contributed by atoms with Crippen molar-refractivity contribution in [2.24, 2.45) is 18.1 Å². The minimum Gasteiger partial charge on any atom is -0.326 e. The van der Waals surface area contributed by atoms with Crippen LogP contribution in [-0.4, -0.2) is 27.3 Å². The van der Waals surface area contributed by atoms with Gasteiger partial charge in [0, 0.05) is 24.8 Å². The summed E-state index contributed by atoms with van der Waals surface area (Å²) in [5.74, 6) is -0.209. The molecule has 0 bridgehead atoms. The van der Waals surface area contributed by atoms with Gasteiger partial charge in [-0.3, -0.25) is 14.3 Å². The first-order valence-corrected chi connectivity index (χ1v) is 9.68. The van der Waals surface area contributed by atoms with Crippen LogP contribution in [0.25, 0.3) is 0 Å². The van der Waals surface area contributed by atoms with Crippen LogP contribution in [0.15, 0.2) is 40.0 Å². The molecule has 0 radical (unpaired) electrons. The Morgan fingerprint density at radius 1 is 1.30 bits per heavy atom. The lowest BCUT2D eigenvalue weighted by Gasteiger charge is -2.11. The highest BCUT2D eigenvalue weighted by Crippen LogP contribution is 2.26. The van der Waals surface area contributed by atoms with Crippen molar-refractivity contribution in [1.29, 1.82) is 0 Å². The molecule has 0 saturated heterocycles. The number of nitrogens with one attached hydrogen (secondary N) is 2. The van der Waals surface area contributed by atoms with E-state index in [4.69, 9.17) is 0 Å². The zero-order chi connectivity index (χ0) is 19.4. The van der Waals surface area contributed by atoms with Crippen molar-refractivity contribution in [3.63, 3.8) is 0 Å². The summed E-state index contributed by atoms with van der Waals surface area (Å²) in [5, 5.41) is 11.2. The number of rotatable bonds is 5. The minimum atomic E-state index is -0.396. The third-order valence-corrected chi connectivity index (χ3v) is 5.18. The van der Waals surface area contributed by atoms with Crippen LogP contribution in [0.5, 0.6) is 0 Å². The highest BCUT2D eigenvalue weighted by atomic mass is 79.9. The zero-order valence-electron chi connectivity index (χ0n) is 15.3. The monoisotopic (exact) mass is 431 g/mol. The topological polar surface area (TPSA) is 88.4 Å². The fourth-order valence-corrected chi connectivity index (χ4v) is 3.68. The van der Waals surface area contributed by atoms with Crippen LogP contribution < -0.4 is 10.7 Å². The first-order valence-electron chi connectivity index (χ1n) is 8.89. The molecule has 2 N–H and O–H groups in total. The molecule has 1 aliphatic rings. The summed E-state index contributed by atoms with van der Waals surface area (Å²) in [4.78, 5) is 24.5. The van der Waals surface area contributed by atoms with Gasteiger partial charge in [-0.2, -0.15) is 10.2 Å². The molecule has 27 heavy (non-hydrogen) atoms. The summed E-state index contributed by atoms with van der Waals surface area (Å²) in [6, 6.07) is 7.45. The standard InChI is InChI=1S/C19H22BrN5O2/c1-12(22-23-19(27)17-16(20)11-25(2)24-17)14-8-5-9-15(10-14)21-18(26)13-6-3-4-7-13/h5,8-11,13H,3-4,6-7H2,1-2H3,(H,21,26)(H,23,27). The van der Waals surface area contributed by atoms with Gasteiger partial charge in [0.1, 0.15) is 0 Å². The number of amides is 2. The Bertz CT molecular complexity index is 884. The molecule has 2 aromatic rings. The van der Waals surface area contributed by atoms with Crippen LogP contribution >= 0.6 is 15.9 Å². The van der Waals surface area contributed by atoms with Gasteiger partial charge in [-0.1, -0.05) is 25.0 Å². The second-order valence-electron chi connectivity index (χ2n) is 6.69. The molecular formula is C19H22BrN5O2. The normalized spacial score (nSPS) is 15.0. The number of benzene rings is 1. The van der Waals surface area contributed by atoms with Crippen LogP contribution in [0.3, 0.4) is 0 Å². The van der Waals surface area contributed by atoms with Crippen molar-refractivity contribution in [2.45, 2.75) is 32.6 Å². The minimum absolute atomic E-state index is 0.0764. The van der Waals surface area contributed by atoms with E-state index in [0.717, 1.165) is 36.9 Å². The number of aryl methyl sites for hydroxylation is 1. The van der Waals surface area contributed by atoms with Crippen LogP contribution in [0.4, 0.5) is 5.69 Å². The predicted octanol–water partition coefficient (Wildman–Crippen LogP) is 3.47. The molecule has 1 saturated carbocycles. The number of aromatic nitrogens is 2. The molecule has 2 amide bonds. The van der Waals surface area contributed by atoms with Gasteiger partial charge in [0.05, 0.1) is 10.2 Å². The van der Waals surface area contributed by atoms with Crippen molar-refractivity contribution < 1.29 is 9.59 Å². The smallest absolute Gasteiger partial charge is 0.293 e. The summed E-state index contributed by atoms with van der Waals surface area (Å²) in [6.07, 6.45) is 5.86. The molecule has 0 aliphatic heterocycles. The lowest BCUT2D eigenvalue weighted by Crippen LogP contribution is -2.21. The van der Waals surface area contributed by atoms with Crippen molar-refractivity contribution in [3.05, 3.63) is 46.2 Å². The van der Waals surface area contributed by atoms with E-state index in [0.29, 0.717) is 10.2 Å². The summed E-state index contributed by atoms with van der Waals surface area (Å²) in [5.41, 5.74) is 4.97. The summed E-state index contributed by atoms with van der Waals surface area (Å²) in [7, 11) is 1.74. The van der Waals surface area contributed by atoms with Crippen LogP contribution in [0.2, 0.25) is 0 Å². The number of nitrogens with zero attached hydrogens (tertiary/aromatic N) is 3. The van der Waals surface area contributed by atoms with Gasteiger partial charge >= 0.3 is 0 Å². The summed E-state index contributed by atoms with van der Waals surface area (Å²) < 4.78 is 2.15. The van der Waals surface area contributed by atoms with Gasteiger partial charge < -0.3 is 5.32 Å². The maximum Gasteiger partial charge on any atom is 0.293 e. The van der Waals surface area contributed by atoms with Gasteiger partial charge in [-0.05, 0) is 53.4 Å². The van der Waals surface area contributed by atoms with E-state index < -0.39 is 5.91 Å². The third-order valence-electron chi connectivity index (χ3n) is 4.60. The molecule has 0 atom stereocenters. The summed E-state index contributed by atoms with van der Waals surface area (Å²) in [6.45, 7) is 1.80. The van der Waals surface area contributed by atoms with Crippen LogP contribution in [-0.2, 0) is 11.8 Å². The molecule has 1 fully saturated rings. The van der Waals surface area contributed by atoms with Crippen molar-refractivity contribution in [3.8, 4) is 0 Å². The molecule has 1 aromatic heterocycles. The number of hydrazone groups is 1. The number of carbonyl (C=O) groups excluding carboxylic acids is 2. The largest absolute Gasteiger partial charge is 0.326 e. The highest BCUT2D eigenvalue weighted by Gasteiger charge is 2.22. The van der Waals surface area contributed by atoms with E-state index in [1.165, 1.54) is 0 Å². The molecule has 3 rings (SSSR count). The van der Waals surface area contributed by atoms with Gasteiger partial charge in [0.2, 0.25) is 5.91 Å². The van der Waals surface area contributed by atoms with Gasteiger partial charge in [-0.25, -0.2) is 5.43 Å². The van der Waals surface area contributed by atoms with Crippen molar-refractivity contribution >= 4 is 39.1 Å². The van der Waals surface area contributed by atoms with Gasteiger partial charge in [0.25, 0.3) is 5.91 Å². The SMILES string of the molecule is CC(=NNC(=O)c1nn(C)cc1Br)c1cccc(NC(=O)C2CCCC2)c1. The molecule has 1 aliphatic carbocycles. The number of anilines is 1.